The van der Waals surface area contributed by atoms with Crippen LogP contribution in [0.2, 0.25) is 0 Å². The van der Waals surface area contributed by atoms with E-state index in [9.17, 15) is 0 Å². The number of aliphatic imine (C=N–C) groups is 1. The van der Waals surface area contributed by atoms with Gasteiger partial charge in [-0.1, -0.05) is 24.3 Å². The van der Waals surface area contributed by atoms with E-state index >= 15 is 0 Å². The second kappa shape index (κ2) is 3.70. The number of allylic oxidation sites excluding steroid dienone is 2. The van der Waals surface area contributed by atoms with Gasteiger partial charge in [0.25, 0.3) is 0 Å². The van der Waals surface area contributed by atoms with Gasteiger partial charge in [0.05, 0.1) is 20.1 Å². The van der Waals surface area contributed by atoms with Crippen LogP contribution >= 0.6 is 0 Å². The van der Waals surface area contributed by atoms with Crippen LogP contribution in [-0.2, 0) is 9.47 Å². The number of ether oxygens (including phenoxy) is 2. The van der Waals surface area contributed by atoms with Crippen molar-refractivity contribution >= 4 is 5.90 Å². The summed E-state index contributed by atoms with van der Waals surface area (Å²) in [4.78, 5) is 4.44. The molecule has 3 nitrogen and oxygen atoms in total. The maximum absolute atomic E-state index is 5.24. The average Bonchev–Trinajstić information content (AvgIpc) is 2.19. The fourth-order valence-corrected chi connectivity index (χ4v) is 1.62. The van der Waals surface area contributed by atoms with E-state index < -0.39 is 0 Å². The fourth-order valence-electron chi connectivity index (χ4n) is 1.62. The summed E-state index contributed by atoms with van der Waals surface area (Å²) in [5, 5.41) is 0. The van der Waals surface area contributed by atoms with Crippen LogP contribution in [0, 0.1) is 5.92 Å². The molecule has 0 aromatic rings. The molecule has 0 saturated heterocycles. The molecule has 3 rings (SSSR count). The third-order valence-electron chi connectivity index (χ3n) is 2.37. The molecule has 14 heavy (non-hydrogen) atoms. The molecule has 2 aliphatic heterocycles. The van der Waals surface area contributed by atoms with Gasteiger partial charge in [-0.3, -0.25) is 0 Å². The molecule has 74 valence electrons. The Hall–Kier alpha value is -1.51. The molecule has 0 fully saturated rings. The molecule has 2 atom stereocenters. The van der Waals surface area contributed by atoms with Crippen LogP contribution in [0.25, 0.3) is 0 Å². The van der Waals surface area contributed by atoms with Gasteiger partial charge in [-0.05, 0) is 6.08 Å². The first-order valence-electron chi connectivity index (χ1n) is 4.57. The monoisotopic (exact) mass is 191 g/mol. The Balaban J connectivity index is 2.38. The summed E-state index contributed by atoms with van der Waals surface area (Å²) < 4.78 is 10.5. The molecule has 3 aliphatic rings. The van der Waals surface area contributed by atoms with Crippen LogP contribution in [0.15, 0.2) is 41.1 Å². The van der Waals surface area contributed by atoms with Crippen molar-refractivity contribution in [1.29, 1.82) is 0 Å². The molecule has 2 bridgehead atoms. The van der Waals surface area contributed by atoms with Gasteiger partial charge in [-0.2, -0.15) is 0 Å². The van der Waals surface area contributed by atoms with Crippen molar-refractivity contribution in [2.45, 2.75) is 6.04 Å². The molecule has 2 heterocycles. The lowest BCUT2D eigenvalue weighted by molar-refractivity contribution is 0.271. The van der Waals surface area contributed by atoms with E-state index in [1.807, 2.05) is 24.3 Å². The lowest BCUT2D eigenvalue weighted by atomic mass is 10.00. The summed E-state index contributed by atoms with van der Waals surface area (Å²) >= 11 is 0. The Morgan fingerprint density at radius 1 is 1.14 bits per heavy atom. The number of rotatable bonds is 1. The molecule has 0 spiro atoms. The van der Waals surface area contributed by atoms with Crippen LogP contribution in [0.1, 0.15) is 0 Å². The van der Waals surface area contributed by atoms with Gasteiger partial charge in [-0.15, -0.1) is 0 Å². The number of dihydropyridines is 1. The van der Waals surface area contributed by atoms with Crippen LogP contribution in [0.4, 0.5) is 0 Å². The molecule has 0 saturated carbocycles. The summed E-state index contributed by atoms with van der Waals surface area (Å²) in [6.07, 6.45) is 10.1. The molecule has 0 N–H and O–H groups in total. The Morgan fingerprint density at radius 2 is 2.00 bits per heavy atom. The summed E-state index contributed by atoms with van der Waals surface area (Å²) in [5.41, 5.74) is 0. The molecule has 0 amide bonds. The lowest BCUT2D eigenvalue weighted by Gasteiger charge is -2.22. The van der Waals surface area contributed by atoms with E-state index in [0.29, 0.717) is 0 Å². The first-order chi connectivity index (χ1) is 6.85. The zero-order valence-electron chi connectivity index (χ0n) is 8.31. The molecular weight excluding hydrogens is 178 g/mol. The van der Waals surface area contributed by atoms with E-state index in [1.54, 1.807) is 14.2 Å². The van der Waals surface area contributed by atoms with Crippen molar-refractivity contribution < 1.29 is 9.47 Å². The highest BCUT2D eigenvalue weighted by Gasteiger charge is 2.22. The maximum atomic E-state index is 5.24. The van der Waals surface area contributed by atoms with Crippen LogP contribution < -0.4 is 0 Å². The predicted octanol–water partition coefficient (Wildman–Crippen LogP) is 1.69. The molecule has 3 heteroatoms. The molecule has 2 unspecified atom stereocenters. The van der Waals surface area contributed by atoms with Gasteiger partial charge in [0.15, 0.2) is 5.90 Å². The first kappa shape index (κ1) is 9.06. The minimum atomic E-state index is -0.0313. The largest absolute Gasteiger partial charge is 0.498 e. The number of fused-ring (bicyclic) bond motifs is 1. The summed E-state index contributed by atoms with van der Waals surface area (Å²) in [5.74, 6) is 1.76. The van der Waals surface area contributed by atoms with Gasteiger partial charge < -0.3 is 9.47 Å². The highest BCUT2D eigenvalue weighted by molar-refractivity contribution is 5.84. The molecule has 0 aromatic heterocycles. The smallest absolute Gasteiger partial charge is 0.195 e. The number of methoxy groups -OCH3 is 2. The average molecular weight is 191 g/mol. The summed E-state index contributed by atoms with van der Waals surface area (Å²) in [6.45, 7) is 0. The third kappa shape index (κ3) is 1.45. The van der Waals surface area contributed by atoms with Crippen molar-refractivity contribution in [3.05, 3.63) is 36.1 Å². The minimum Gasteiger partial charge on any atom is -0.498 e. The predicted molar refractivity (Wildman–Crippen MR) is 55.1 cm³/mol. The molecule has 0 aromatic carbocycles. The van der Waals surface area contributed by atoms with Gasteiger partial charge >= 0.3 is 0 Å². The van der Waals surface area contributed by atoms with Gasteiger partial charge in [-0.25, -0.2) is 4.99 Å². The zero-order valence-corrected chi connectivity index (χ0v) is 8.31. The standard InChI is InChI=1S/C11H13NO2/c1-13-10-5-3-4-8-6-7-9(10)12-11(8)14-2/h3-9H,1-2H3/b4-3-,10-5+. The van der Waals surface area contributed by atoms with Crippen LogP contribution in [0.5, 0.6) is 0 Å². The second-order valence-electron chi connectivity index (χ2n) is 3.19. The van der Waals surface area contributed by atoms with Gasteiger partial charge in [0.1, 0.15) is 11.8 Å². The molecular formula is C11H13NO2. The first-order valence-corrected chi connectivity index (χ1v) is 4.57. The van der Waals surface area contributed by atoms with Crippen molar-refractivity contribution in [3.63, 3.8) is 0 Å². The highest BCUT2D eigenvalue weighted by atomic mass is 16.5. The van der Waals surface area contributed by atoms with Crippen molar-refractivity contribution in [3.8, 4) is 0 Å². The SMILES string of the molecule is COC1=NC2C=CC1/C=C\C=C/2OC. The second-order valence-corrected chi connectivity index (χ2v) is 3.19. The fraction of sp³-hybridized carbons (Fsp3) is 0.364. The number of hydrogen-bond acceptors (Lipinski definition) is 3. The van der Waals surface area contributed by atoms with E-state index in [0.717, 1.165) is 11.7 Å². The molecule has 0 radical (unpaired) electrons. The van der Waals surface area contributed by atoms with Crippen molar-refractivity contribution in [2.24, 2.45) is 10.9 Å². The Kier molecular flexibility index (Phi) is 2.39. The third-order valence-corrected chi connectivity index (χ3v) is 2.37. The summed E-state index contributed by atoms with van der Waals surface area (Å²) in [7, 11) is 3.30. The Bertz CT molecular complexity index is 339. The van der Waals surface area contributed by atoms with E-state index in [1.165, 1.54) is 0 Å². The number of nitrogens with zero attached hydrogens (tertiary/aromatic N) is 1. The Morgan fingerprint density at radius 3 is 2.71 bits per heavy atom. The normalized spacial score (nSPS) is 35.0. The quantitative estimate of drug-likeness (QED) is 0.590. The Labute approximate surface area is 83.4 Å². The van der Waals surface area contributed by atoms with E-state index in [2.05, 4.69) is 11.1 Å². The van der Waals surface area contributed by atoms with Crippen LogP contribution in [0.3, 0.4) is 0 Å². The summed E-state index contributed by atoms with van der Waals surface area (Å²) in [6, 6.07) is -0.0313. The lowest BCUT2D eigenvalue weighted by Crippen LogP contribution is -2.23. The van der Waals surface area contributed by atoms with Crippen molar-refractivity contribution in [2.75, 3.05) is 14.2 Å². The van der Waals surface area contributed by atoms with E-state index in [-0.39, 0.29) is 12.0 Å². The number of hydrogen-bond donors (Lipinski definition) is 0. The van der Waals surface area contributed by atoms with Gasteiger partial charge in [0.2, 0.25) is 0 Å². The highest BCUT2D eigenvalue weighted by Crippen LogP contribution is 2.22. The molecule has 1 aliphatic carbocycles. The van der Waals surface area contributed by atoms with E-state index in [4.69, 9.17) is 9.47 Å². The minimum absolute atomic E-state index is 0.0313. The maximum Gasteiger partial charge on any atom is 0.195 e. The zero-order chi connectivity index (χ0) is 9.97. The van der Waals surface area contributed by atoms with Crippen molar-refractivity contribution in [1.82, 2.24) is 0 Å². The topological polar surface area (TPSA) is 30.8 Å². The van der Waals surface area contributed by atoms with Crippen LogP contribution in [-0.4, -0.2) is 26.2 Å². The van der Waals surface area contributed by atoms with Gasteiger partial charge in [0, 0.05) is 0 Å².